The third kappa shape index (κ3) is 2.91. The van der Waals surface area contributed by atoms with Crippen LogP contribution in [0.5, 0.6) is 0 Å². The smallest absolute Gasteiger partial charge is 0.226 e. The number of aryl methyl sites for hydroxylation is 1. The summed E-state index contributed by atoms with van der Waals surface area (Å²) in [7, 11) is 0. The van der Waals surface area contributed by atoms with Gasteiger partial charge in [-0.1, -0.05) is 26.8 Å². The molecule has 1 aliphatic carbocycles. The summed E-state index contributed by atoms with van der Waals surface area (Å²) in [5.74, 6) is 0.143. The first-order chi connectivity index (χ1) is 8.94. The summed E-state index contributed by atoms with van der Waals surface area (Å²) in [6.45, 7) is 6.04. The Morgan fingerprint density at radius 2 is 2.21 bits per heavy atom. The molecule has 0 spiro atoms. The second kappa shape index (κ2) is 5.24. The molecule has 19 heavy (non-hydrogen) atoms. The van der Waals surface area contributed by atoms with Crippen LogP contribution in [-0.2, 0) is 11.2 Å². The van der Waals surface area contributed by atoms with Gasteiger partial charge in [0.1, 0.15) is 0 Å². The fraction of sp³-hybridized carbons (Fsp3) is 0.562. The van der Waals surface area contributed by atoms with Gasteiger partial charge in [-0.25, -0.2) is 0 Å². The Labute approximate surface area is 115 Å². The van der Waals surface area contributed by atoms with Crippen LogP contribution in [-0.4, -0.2) is 5.91 Å². The molecule has 1 amide bonds. The van der Waals surface area contributed by atoms with E-state index in [1.807, 2.05) is 26.0 Å². The van der Waals surface area contributed by atoms with Crippen molar-refractivity contribution in [2.24, 2.45) is 5.41 Å². The topological polar surface area (TPSA) is 55.1 Å². The van der Waals surface area contributed by atoms with E-state index < -0.39 is 0 Å². The van der Waals surface area contributed by atoms with Crippen LogP contribution in [0.4, 0.5) is 5.69 Å². The molecule has 3 N–H and O–H groups in total. The van der Waals surface area contributed by atoms with Gasteiger partial charge in [0.25, 0.3) is 0 Å². The molecule has 0 aliphatic heterocycles. The molecule has 0 aromatic heterocycles. The van der Waals surface area contributed by atoms with Crippen molar-refractivity contribution in [1.29, 1.82) is 0 Å². The average molecular weight is 260 g/mol. The molecule has 1 aromatic carbocycles. The van der Waals surface area contributed by atoms with E-state index in [-0.39, 0.29) is 17.4 Å². The Balaban J connectivity index is 2.18. The normalized spacial score (nSPS) is 18.8. The summed E-state index contributed by atoms with van der Waals surface area (Å²) in [5.41, 5.74) is 8.86. The minimum absolute atomic E-state index is 0.141. The van der Waals surface area contributed by atoms with Crippen molar-refractivity contribution in [2.45, 2.75) is 52.5 Å². The lowest BCUT2D eigenvalue weighted by atomic mass is 9.85. The van der Waals surface area contributed by atoms with Crippen molar-refractivity contribution in [3.8, 4) is 0 Å². The van der Waals surface area contributed by atoms with Crippen LogP contribution >= 0.6 is 0 Å². The van der Waals surface area contributed by atoms with E-state index in [1.54, 1.807) is 0 Å². The minimum Gasteiger partial charge on any atom is -0.399 e. The fourth-order valence-corrected chi connectivity index (χ4v) is 2.50. The van der Waals surface area contributed by atoms with Gasteiger partial charge in [-0.15, -0.1) is 0 Å². The predicted octanol–water partition coefficient (Wildman–Crippen LogP) is 3.20. The molecule has 104 valence electrons. The number of fused-ring (bicyclic) bond motifs is 1. The average Bonchev–Trinajstić information content (AvgIpc) is 2.38. The van der Waals surface area contributed by atoms with E-state index in [1.165, 1.54) is 11.1 Å². The van der Waals surface area contributed by atoms with Crippen molar-refractivity contribution in [3.05, 3.63) is 29.3 Å². The van der Waals surface area contributed by atoms with Crippen LogP contribution < -0.4 is 11.1 Å². The maximum Gasteiger partial charge on any atom is 0.226 e. The van der Waals surface area contributed by atoms with E-state index in [2.05, 4.69) is 18.3 Å². The fourth-order valence-electron chi connectivity index (χ4n) is 2.50. The molecular weight excluding hydrogens is 236 g/mol. The van der Waals surface area contributed by atoms with Crippen molar-refractivity contribution in [2.75, 3.05) is 5.73 Å². The number of amides is 1. The number of anilines is 1. The van der Waals surface area contributed by atoms with Crippen molar-refractivity contribution in [1.82, 2.24) is 5.32 Å². The number of nitrogens with two attached hydrogens (primary N) is 1. The Kier molecular flexibility index (Phi) is 3.83. The Bertz CT molecular complexity index is 480. The quantitative estimate of drug-likeness (QED) is 0.820. The van der Waals surface area contributed by atoms with Crippen LogP contribution in [0.1, 0.15) is 57.2 Å². The molecule has 1 aromatic rings. The molecule has 0 saturated carbocycles. The van der Waals surface area contributed by atoms with Crippen LogP contribution in [0.15, 0.2) is 18.2 Å². The van der Waals surface area contributed by atoms with Crippen LogP contribution in [0.2, 0.25) is 0 Å². The lowest BCUT2D eigenvalue weighted by Crippen LogP contribution is -2.39. The van der Waals surface area contributed by atoms with Gasteiger partial charge in [0, 0.05) is 11.1 Å². The molecule has 1 unspecified atom stereocenters. The number of hydrogen-bond acceptors (Lipinski definition) is 2. The highest BCUT2D eigenvalue weighted by Gasteiger charge is 2.29. The number of benzene rings is 1. The summed E-state index contributed by atoms with van der Waals surface area (Å²) in [4.78, 5) is 12.3. The molecule has 3 nitrogen and oxygen atoms in total. The molecular formula is C16H24N2O. The molecule has 1 aliphatic rings. The lowest BCUT2D eigenvalue weighted by Gasteiger charge is -2.30. The SMILES string of the molecule is CCC(C)(C)C(=O)NC1CCCc2cc(N)ccc21. The highest BCUT2D eigenvalue weighted by atomic mass is 16.2. The van der Waals surface area contributed by atoms with E-state index in [0.717, 1.165) is 31.4 Å². The maximum atomic E-state index is 12.3. The van der Waals surface area contributed by atoms with E-state index in [0.29, 0.717) is 0 Å². The predicted molar refractivity (Wildman–Crippen MR) is 78.7 cm³/mol. The monoisotopic (exact) mass is 260 g/mol. The number of hydrogen-bond donors (Lipinski definition) is 2. The van der Waals surface area contributed by atoms with Gasteiger partial charge in [0.15, 0.2) is 0 Å². The lowest BCUT2D eigenvalue weighted by molar-refractivity contribution is -0.130. The Morgan fingerprint density at radius 3 is 2.89 bits per heavy atom. The Morgan fingerprint density at radius 1 is 1.47 bits per heavy atom. The first-order valence-corrected chi connectivity index (χ1v) is 7.13. The summed E-state index contributed by atoms with van der Waals surface area (Å²) >= 11 is 0. The highest BCUT2D eigenvalue weighted by molar-refractivity contribution is 5.82. The standard InChI is InChI=1S/C16H24N2O/c1-4-16(2,3)15(19)18-14-7-5-6-11-10-12(17)8-9-13(11)14/h8-10,14H,4-7,17H2,1-3H3,(H,18,19). The maximum absolute atomic E-state index is 12.3. The molecule has 0 radical (unpaired) electrons. The molecule has 1 atom stereocenters. The molecule has 3 heteroatoms. The van der Waals surface area contributed by atoms with Gasteiger partial charge in [-0.2, -0.15) is 0 Å². The number of carbonyl (C=O) groups excluding carboxylic acids is 1. The molecule has 0 saturated heterocycles. The second-order valence-corrected chi connectivity index (χ2v) is 6.11. The largest absolute Gasteiger partial charge is 0.399 e. The first-order valence-electron chi connectivity index (χ1n) is 7.13. The molecule has 0 fully saturated rings. The number of carbonyl (C=O) groups is 1. The zero-order valence-electron chi connectivity index (χ0n) is 12.1. The minimum atomic E-state index is -0.300. The third-order valence-corrected chi connectivity index (χ3v) is 4.29. The summed E-state index contributed by atoms with van der Waals surface area (Å²) in [5, 5.41) is 3.21. The van der Waals surface area contributed by atoms with Gasteiger partial charge in [-0.3, -0.25) is 4.79 Å². The van der Waals surface area contributed by atoms with E-state index in [9.17, 15) is 4.79 Å². The molecule has 2 rings (SSSR count). The third-order valence-electron chi connectivity index (χ3n) is 4.29. The second-order valence-electron chi connectivity index (χ2n) is 6.11. The van der Waals surface area contributed by atoms with Crippen molar-refractivity contribution < 1.29 is 4.79 Å². The number of nitrogens with one attached hydrogen (secondary N) is 1. The van der Waals surface area contributed by atoms with Gasteiger partial charge in [0.05, 0.1) is 6.04 Å². The van der Waals surface area contributed by atoms with Gasteiger partial charge in [-0.05, 0) is 48.9 Å². The highest BCUT2D eigenvalue weighted by Crippen LogP contribution is 2.32. The van der Waals surface area contributed by atoms with Crippen molar-refractivity contribution >= 4 is 11.6 Å². The van der Waals surface area contributed by atoms with Gasteiger partial charge < -0.3 is 11.1 Å². The van der Waals surface area contributed by atoms with E-state index in [4.69, 9.17) is 5.73 Å². The molecule has 0 heterocycles. The van der Waals surface area contributed by atoms with Gasteiger partial charge in [0.2, 0.25) is 5.91 Å². The Hall–Kier alpha value is -1.51. The zero-order chi connectivity index (χ0) is 14.0. The summed E-state index contributed by atoms with van der Waals surface area (Å²) < 4.78 is 0. The van der Waals surface area contributed by atoms with Crippen LogP contribution in [0, 0.1) is 5.41 Å². The summed E-state index contributed by atoms with van der Waals surface area (Å²) in [6.07, 6.45) is 4.03. The van der Waals surface area contributed by atoms with E-state index >= 15 is 0 Å². The van der Waals surface area contributed by atoms with Crippen LogP contribution in [0.25, 0.3) is 0 Å². The van der Waals surface area contributed by atoms with Gasteiger partial charge >= 0.3 is 0 Å². The zero-order valence-corrected chi connectivity index (χ0v) is 12.1. The number of nitrogen functional groups attached to an aromatic ring is 1. The summed E-state index contributed by atoms with van der Waals surface area (Å²) in [6, 6.07) is 6.17. The first kappa shape index (κ1) is 13.9. The van der Waals surface area contributed by atoms with Crippen molar-refractivity contribution in [3.63, 3.8) is 0 Å². The molecule has 0 bridgehead atoms. The number of rotatable bonds is 3. The van der Waals surface area contributed by atoms with Crippen LogP contribution in [0.3, 0.4) is 0 Å².